The molecular weight excluding hydrogens is 288 g/mol. The fraction of sp³-hybridized carbons (Fsp3) is 0.167. The molecule has 1 rings (SSSR count). The lowest BCUT2D eigenvalue weighted by molar-refractivity contribution is -0.274. The summed E-state index contributed by atoms with van der Waals surface area (Å²) >= 11 is 8.40. The average molecular weight is 291 g/mol. The lowest BCUT2D eigenvalue weighted by Crippen LogP contribution is -2.18. The summed E-state index contributed by atoms with van der Waals surface area (Å²) in [5.74, 6) is -1.12. The number of rotatable bonds is 1. The van der Waals surface area contributed by atoms with Gasteiger partial charge in [-0.25, -0.2) is 4.98 Å². The van der Waals surface area contributed by atoms with E-state index < -0.39 is 17.9 Å². The molecule has 2 N–H and O–H groups in total. The van der Waals surface area contributed by atoms with E-state index >= 15 is 0 Å². The number of hydrogen-bond donors (Lipinski definition) is 1. The minimum atomic E-state index is -4.85. The van der Waals surface area contributed by atoms with Gasteiger partial charge in [-0.1, -0.05) is 11.6 Å². The molecule has 1 aromatic rings. The SMILES string of the molecule is Nc1ncc(Br)c(Cl)c1OC(F)(F)F. The van der Waals surface area contributed by atoms with Crippen LogP contribution in [0, 0.1) is 0 Å². The molecule has 0 atom stereocenters. The molecular formula is C6H3BrClF3N2O. The average Bonchev–Trinajstić information content (AvgIpc) is 2.04. The van der Waals surface area contributed by atoms with Crippen molar-refractivity contribution in [3.05, 3.63) is 15.7 Å². The predicted molar refractivity (Wildman–Crippen MR) is 48.0 cm³/mol. The van der Waals surface area contributed by atoms with Crippen LogP contribution in [0.3, 0.4) is 0 Å². The van der Waals surface area contributed by atoms with Gasteiger partial charge in [0.15, 0.2) is 11.6 Å². The summed E-state index contributed by atoms with van der Waals surface area (Å²) in [7, 11) is 0. The van der Waals surface area contributed by atoms with Gasteiger partial charge in [0.05, 0.1) is 4.47 Å². The van der Waals surface area contributed by atoms with E-state index in [-0.39, 0.29) is 9.50 Å². The van der Waals surface area contributed by atoms with Crippen molar-refractivity contribution in [3.8, 4) is 5.75 Å². The van der Waals surface area contributed by atoms with Crippen LogP contribution in [0.5, 0.6) is 5.75 Å². The fourth-order valence-electron chi connectivity index (χ4n) is 0.675. The van der Waals surface area contributed by atoms with Crippen LogP contribution < -0.4 is 10.5 Å². The highest BCUT2D eigenvalue weighted by atomic mass is 79.9. The van der Waals surface area contributed by atoms with Gasteiger partial charge in [0, 0.05) is 6.20 Å². The molecule has 0 saturated heterocycles. The van der Waals surface area contributed by atoms with E-state index in [1.165, 1.54) is 6.20 Å². The Hall–Kier alpha value is -0.690. The first-order valence-corrected chi connectivity index (χ1v) is 4.33. The van der Waals surface area contributed by atoms with Crippen molar-refractivity contribution >= 4 is 33.3 Å². The van der Waals surface area contributed by atoms with Crippen molar-refractivity contribution in [3.63, 3.8) is 0 Å². The third-order valence-electron chi connectivity index (χ3n) is 1.18. The number of nitrogens with zero attached hydrogens (tertiary/aromatic N) is 1. The molecule has 0 aliphatic rings. The zero-order valence-electron chi connectivity index (χ0n) is 6.40. The van der Waals surface area contributed by atoms with Crippen molar-refractivity contribution in [2.45, 2.75) is 6.36 Å². The molecule has 0 bridgehead atoms. The highest BCUT2D eigenvalue weighted by molar-refractivity contribution is 9.10. The number of anilines is 1. The smallest absolute Gasteiger partial charge is 0.400 e. The number of halogens is 5. The van der Waals surface area contributed by atoms with Crippen LogP contribution in [0.4, 0.5) is 19.0 Å². The fourth-order valence-corrected chi connectivity index (χ4v) is 1.14. The lowest BCUT2D eigenvalue weighted by Gasteiger charge is -2.12. The molecule has 0 spiro atoms. The van der Waals surface area contributed by atoms with Gasteiger partial charge >= 0.3 is 6.36 Å². The normalized spacial score (nSPS) is 11.5. The zero-order chi connectivity index (χ0) is 10.9. The van der Waals surface area contributed by atoms with E-state index in [1.54, 1.807) is 0 Å². The highest BCUT2D eigenvalue weighted by Crippen LogP contribution is 2.38. The molecule has 1 aromatic heterocycles. The number of nitrogen functional groups attached to an aromatic ring is 1. The standard InChI is InChI=1S/C6H3BrClF3N2O/c7-2-1-13-5(12)4(3(2)8)14-6(9,10)11/h1H,(H2,12,13). The van der Waals surface area contributed by atoms with E-state index in [4.69, 9.17) is 17.3 Å². The summed E-state index contributed by atoms with van der Waals surface area (Å²) in [6.45, 7) is 0. The van der Waals surface area contributed by atoms with Gasteiger partial charge in [0.2, 0.25) is 0 Å². The van der Waals surface area contributed by atoms with E-state index in [2.05, 4.69) is 25.7 Å². The second kappa shape index (κ2) is 3.82. The molecule has 0 aliphatic heterocycles. The molecule has 3 nitrogen and oxygen atoms in total. The molecule has 8 heteroatoms. The van der Waals surface area contributed by atoms with Crippen LogP contribution in [0.15, 0.2) is 10.7 Å². The molecule has 0 fully saturated rings. The second-order valence-corrected chi connectivity index (χ2v) is 3.41. The van der Waals surface area contributed by atoms with Crippen molar-refractivity contribution in [1.29, 1.82) is 0 Å². The summed E-state index contributed by atoms with van der Waals surface area (Å²) in [6, 6.07) is 0. The molecule has 0 radical (unpaired) electrons. The summed E-state index contributed by atoms with van der Waals surface area (Å²) in [5.41, 5.74) is 5.16. The van der Waals surface area contributed by atoms with Gasteiger partial charge in [-0.2, -0.15) is 0 Å². The van der Waals surface area contributed by atoms with Gasteiger partial charge in [0.25, 0.3) is 0 Å². The van der Waals surface area contributed by atoms with Crippen LogP contribution in [-0.2, 0) is 0 Å². The second-order valence-electron chi connectivity index (χ2n) is 2.18. The Morgan fingerprint density at radius 1 is 1.50 bits per heavy atom. The first kappa shape index (κ1) is 11.4. The first-order valence-electron chi connectivity index (χ1n) is 3.16. The number of nitrogens with two attached hydrogens (primary N) is 1. The first-order chi connectivity index (χ1) is 6.31. The number of pyridine rings is 1. The Morgan fingerprint density at radius 2 is 2.07 bits per heavy atom. The van der Waals surface area contributed by atoms with E-state index in [1.807, 2.05) is 0 Å². The largest absolute Gasteiger partial charge is 0.573 e. The van der Waals surface area contributed by atoms with E-state index in [0.717, 1.165) is 0 Å². The van der Waals surface area contributed by atoms with Gasteiger partial charge in [-0.05, 0) is 15.9 Å². The maximum absolute atomic E-state index is 11.9. The molecule has 0 saturated carbocycles. The molecule has 1 heterocycles. The Balaban J connectivity index is 3.13. The van der Waals surface area contributed by atoms with Crippen LogP contribution in [0.25, 0.3) is 0 Å². The minimum absolute atomic E-state index is 0.174. The molecule has 0 unspecified atom stereocenters. The molecule has 14 heavy (non-hydrogen) atoms. The third-order valence-corrected chi connectivity index (χ3v) is 2.38. The quantitative estimate of drug-likeness (QED) is 0.865. The lowest BCUT2D eigenvalue weighted by atomic mass is 10.4. The minimum Gasteiger partial charge on any atom is -0.400 e. The number of ether oxygens (including phenoxy) is 1. The van der Waals surface area contributed by atoms with Crippen LogP contribution in [-0.4, -0.2) is 11.3 Å². The predicted octanol–water partition coefficient (Wildman–Crippen LogP) is 2.98. The van der Waals surface area contributed by atoms with E-state index in [9.17, 15) is 13.2 Å². The van der Waals surface area contributed by atoms with Crippen molar-refractivity contribution in [2.75, 3.05) is 5.73 Å². The van der Waals surface area contributed by atoms with Crippen molar-refractivity contribution in [2.24, 2.45) is 0 Å². The molecule has 0 aromatic carbocycles. The van der Waals surface area contributed by atoms with Crippen LogP contribution in [0.1, 0.15) is 0 Å². The van der Waals surface area contributed by atoms with Crippen LogP contribution in [0.2, 0.25) is 5.02 Å². The number of aromatic nitrogens is 1. The summed E-state index contributed by atoms with van der Waals surface area (Å²) in [5, 5.41) is -0.269. The highest BCUT2D eigenvalue weighted by Gasteiger charge is 2.33. The summed E-state index contributed by atoms with van der Waals surface area (Å²) in [6.07, 6.45) is -3.67. The van der Waals surface area contributed by atoms with Gasteiger partial charge < -0.3 is 10.5 Å². The zero-order valence-corrected chi connectivity index (χ0v) is 8.74. The molecule has 0 amide bonds. The van der Waals surface area contributed by atoms with Gasteiger partial charge in [-0.15, -0.1) is 13.2 Å². The number of hydrogen-bond acceptors (Lipinski definition) is 3. The van der Waals surface area contributed by atoms with Crippen LogP contribution >= 0.6 is 27.5 Å². The molecule has 78 valence electrons. The van der Waals surface area contributed by atoms with Crippen molar-refractivity contribution < 1.29 is 17.9 Å². The van der Waals surface area contributed by atoms with E-state index in [0.29, 0.717) is 0 Å². The maximum Gasteiger partial charge on any atom is 0.573 e. The third kappa shape index (κ3) is 2.65. The summed E-state index contributed by atoms with van der Waals surface area (Å²) < 4.78 is 39.3. The van der Waals surface area contributed by atoms with Crippen molar-refractivity contribution in [1.82, 2.24) is 4.98 Å². The monoisotopic (exact) mass is 290 g/mol. The summed E-state index contributed by atoms with van der Waals surface area (Å²) in [4.78, 5) is 3.45. The van der Waals surface area contributed by atoms with Gasteiger partial charge in [-0.3, -0.25) is 0 Å². The Labute approximate surface area is 90.1 Å². The molecule has 0 aliphatic carbocycles. The topological polar surface area (TPSA) is 48.1 Å². The number of alkyl halides is 3. The Kier molecular flexibility index (Phi) is 3.10. The Morgan fingerprint density at radius 3 is 2.57 bits per heavy atom. The maximum atomic E-state index is 11.9. The van der Waals surface area contributed by atoms with Gasteiger partial charge in [0.1, 0.15) is 5.02 Å². The Bertz CT molecular complexity index is 358.